The summed E-state index contributed by atoms with van der Waals surface area (Å²) in [7, 11) is -4.49. The molecular formula is C19H16F8NO3P. The normalized spacial score (nSPS) is 14.2. The van der Waals surface area contributed by atoms with Gasteiger partial charge >= 0.3 is 30.3 Å². The molecule has 0 saturated heterocycles. The number of carbonyl (C=O) groups is 1. The summed E-state index contributed by atoms with van der Waals surface area (Å²) in [5, 5.41) is 0.180. The molecule has 0 saturated carbocycles. The predicted octanol–water partition coefficient (Wildman–Crippen LogP) is 4.85. The van der Waals surface area contributed by atoms with Crippen molar-refractivity contribution in [3.8, 4) is 0 Å². The fraction of sp³-hybridized carbons (Fsp3) is 0.316. The zero-order chi connectivity index (χ0) is 24.4. The lowest BCUT2D eigenvalue weighted by Gasteiger charge is -2.40. The summed E-state index contributed by atoms with van der Waals surface area (Å²) in [6, 6.07) is 11.5. The number of hydrogen-bond acceptors (Lipinski definition) is 3. The Balaban J connectivity index is 2.87. The van der Waals surface area contributed by atoms with Gasteiger partial charge in [0.25, 0.3) is 0 Å². The van der Waals surface area contributed by atoms with Gasteiger partial charge in [-0.3, -0.25) is 0 Å². The zero-order valence-electron chi connectivity index (χ0n) is 16.1. The quantitative estimate of drug-likeness (QED) is 0.426. The van der Waals surface area contributed by atoms with Crippen LogP contribution < -0.4 is 15.9 Å². The molecule has 0 aliphatic heterocycles. The number of benzene rings is 2. The van der Waals surface area contributed by atoms with Gasteiger partial charge in [-0.05, 0) is 0 Å². The molecule has 2 aromatic carbocycles. The Kier molecular flexibility index (Phi) is 7.28. The summed E-state index contributed by atoms with van der Waals surface area (Å²) in [4.78, 5) is 11.7. The zero-order valence-corrected chi connectivity index (χ0v) is 17.0. The van der Waals surface area contributed by atoms with Crippen LogP contribution in [0.5, 0.6) is 0 Å². The first kappa shape index (κ1) is 25.6. The van der Waals surface area contributed by atoms with Crippen LogP contribution in [-0.2, 0) is 9.30 Å². The lowest BCUT2D eigenvalue weighted by Crippen LogP contribution is -2.66. The van der Waals surface area contributed by atoms with Crippen LogP contribution in [0.25, 0.3) is 0 Å². The predicted molar refractivity (Wildman–Crippen MR) is 99.9 cm³/mol. The molecule has 1 atom stereocenters. The Morgan fingerprint density at radius 2 is 1.25 bits per heavy atom. The molecule has 2 aromatic rings. The Labute approximate surface area is 176 Å². The molecule has 176 valence electrons. The minimum Gasteiger partial charge on any atom is -0.453 e. The van der Waals surface area contributed by atoms with Gasteiger partial charge in [-0.2, -0.15) is 26.3 Å². The average molecular weight is 489 g/mol. The minimum absolute atomic E-state index is 0.525. The van der Waals surface area contributed by atoms with Gasteiger partial charge in [-0.25, -0.2) is 13.6 Å². The molecule has 0 bridgehead atoms. The van der Waals surface area contributed by atoms with Gasteiger partial charge in [-0.15, -0.1) is 0 Å². The van der Waals surface area contributed by atoms with Crippen molar-refractivity contribution < 1.29 is 49.2 Å². The molecule has 32 heavy (non-hydrogen) atoms. The molecule has 0 radical (unpaired) electrons. The number of methoxy groups -OCH3 is 1. The van der Waals surface area contributed by atoms with E-state index in [0.29, 0.717) is 7.11 Å². The lowest BCUT2D eigenvalue weighted by atomic mass is 10.0. The molecule has 0 aromatic heterocycles. The SMILES string of the molecule is COC(=O)N[C@H](C(F)(F)C(F)(F)C(F)(F)C(F)F)P(=O)(c1ccccc1)c1ccccc1. The van der Waals surface area contributed by atoms with E-state index in [4.69, 9.17) is 0 Å². The number of amides is 1. The summed E-state index contributed by atoms with van der Waals surface area (Å²) in [6.07, 6.45) is -7.01. The molecule has 1 amide bonds. The second kappa shape index (κ2) is 9.09. The number of alkyl halides is 8. The third kappa shape index (κ3) is 4.20. The van der Waals surface area contributed by atoms with E-state index in [1.54, 1.807) is 0 Å². The molecule has 13 heteroatoms. The van der Waals surface area contributed by atoms with Gasteiger partial charge in [0, 0.05) is 10.6 Å². The molecule has 0 aliphatic rings. The minimum atomic E-state index is -6.72. The molecule has 0 spiro atoms. The van der Waals surface area contributed by atoms with E-state index in [1.807, 2.05) is 0 Å². The summed E-state index contributed by atoms with van der Waals surface area (Å²) >= 11 is 0. The Morgan fingerprint density at radius 1 is 0.844 bits per heavy atom. The fourth-order valence-corrected chi connectivity index (χ4v) is 5.89. The van der Waals surface area contributed by atoms with E-state index in [2.05, 4.69) is 4.74 Å². The van der Waals surface area contributed by atoms with Crippen molar-refractivity contribution in [3.63, 3.8) is 0 Å². The second-order valence-corrected chi connectivity index (χ2v) is 9.35. The maximum absolute atomic E-state index is 15.1. The van der Waals surface area contributed by atoms with Crippen LogP contribution in [0.3, 0.4) is 0 Å². The molecule has 0 aliphatic carbocycles. The number of rotatable bonds is 8. The summed E-state index contributed by atoms with van der Waals surface area (Å²) in [5.41, 5.74) is 0. The Hall–Kier alpha value is -2.62. The molecular weight excluding hydrogens is 473 g/mol. The maximum Gasteiger partial charge on any atom is 0.407 e. The van der Waals surface area contributed by atoms with E-state index in [9.17, 15) is 35.7 Å². The standard InChI is InChI=1S/C19H16F8NO3P/c1-31-16(29)28-15(18(24,25)19(26,27)17(22,23)14(20)21)32(30,12-8-4-2-5-9-12)13-10-6-3-7-11-13/h2-11,14-15H,1H3,(H,28,29)/t15-/m0/s1. The Bertz CT molecular complexity index is 930. The van der Waals surface area contributed by atoms with Gasteiger partial charge in [0.1, 0.15) is 0 Å². The first-order valence-electron chi connectivity index (χ1n) is 8.71. The highest BCUT2D eigenvalue weighted by Gasteiger charge is 2.79. The van der Waals surface area contributed by atoms with Crippen LogP contribution in [0.4, 0.5) is 39.9 Å². The summed E-state index contributed by atoms with van der Waals surface area (Å²) in [5.74, 6) is -23.0. The van der Waals surface area contributed by atoms with Crippen molar-refractivity contribution in [1.29, 1.82) is 0 Å². The van der Waals surface area contributed by atoms with Crippen molar-refractivity contribution in [2.45, 2.75) is 30.0 Å². The third-order valence-corrected chi connectivity index (χ3v) is 7.85. The van der Waals surface area contributed by atoms with E-state index < -0.39 is 53.8 Å². The largest absolute Gasteiger partial charge is 0.453 e. The first-order valence-corrected chi connectivity index (χ1v) is 10.5. The highest BCUT2D eigenvalue weighted by atomic mass is 31.2. The van der Waals surface area contributed by atoms with Crippen LogP contribution in [-0.4, -0.2) is 43.2 Å². The van der Waals surface area contributed by atoms with E-state index in [0.717, 1.165) is 24.3 Å². The van der Waals surface area contributed by atoms with Gasteiger partial charge < -0.3 is 14.6 Å². The molecule has 0 fully saturated rings. The smallest absolute Gasteiger partial charge is 0.407 e. The third-order valence-electron chi connectivity index (χ3n) is 4.54. The van der Waals surface area contributed by atoms with Gasteiger partial charge in [0.2, 0.25) is 0 Å². The average Bonchev–Trinajstić information content (AvgIpc) is 2.77. The van der Waals surface area contributed by atoms with E-state index >= 15 is 8.78 Å². The van der Waals surface area contributed by atoms with E-state index in [-0.39, 0.29) is 0 Å². The second-order valence-electron chi connectivity index (χ2n) is 6.49. The first-order chi connectivity index (χ1) is 14.7. The number of carbonyl (C=O) groups excluding carboxylic acids is 1. The monoisotopic (exact) mass is 489 g/mol. The lowest BCUT2D eigenvalue weighted by molar-refractivity contribution is -0.339. The molecule has 1 N–H and O–H groups in total. The van der Waals surface area contributed by atoms with Gasteiger partial charge in [-0.1, -0.05) is 60.7 Å². The molecule has 0 unspecified atom stereocenters. The summed E-state index contributed by atoms with van der Waals surface area (Å²) in [6.45, 7) is 0. The molecule has 0 heterocycles. The number of hydrogen-bond donors (Lipinski definition) is 1. The summed E-state index contributed by atoms with van der Waals surface area (Å²) < 4.78 is 129. The number of halogens is 8. The van der Waals surface area contributed by atoms with Crippen molar-refractivity contribution >= 4 is 23.8 Å². The van der Waals surface area contributed by atoms with Crippen molar-refractivity contribution in [3.05, 3.63) is 60.7 Å². The van der Waals surface area contributed by atoms with Crippen LogP contribution in [0.1, 0.15) is 0 Å². The van der Waals surface area contributed by atoms with Crippen LogP contribution in [0, 0.1) is 0 Å². The topological polar surface area (TPSA) is 55.4 Å². The number of alkyl carbamates (subject to hydrolysis) is 1. The van der Waals surface area contributed by atoms with Crippen molar-refractivity contribution in [2.24, 2.45) is 0 Å². The maximum atomic E-state index is 15.1. The van der Waals surface area contributed by atoms with Gasteiger partial charge in [0.05, 0.1) is 7.11 Å². The van der Waals surface area contributed by atoms with Crippen LogP contribution in [0.2, 0.25) is 0 Å². The fourth-order valence-electron chi connectivity index (χ4n) is 2.86. The molecule has 4 nitrogen and oxygen atoms in total. The number of ether oxygens (including phenoxy) is 1. The van der Waals surface area contributed by atoms with Crippen molar-refractivity contribution in [1.82, 2.24) is 5.32 Å². The van der Waals surface area contributed by atoms with Gasteiger partial charge in [0.15, 0.2) is 12.9 Å². The highest BCUT2D eigenvalue weighted by molar-refractivity contribution is 7.79. The Morgan fingerprint density at radius 3 is 1.59 bits per heavy atom. The van der Waals surface area contributed by atoms with Crippen LogP contribution in [0.15, 0.2) is 60.7 Å². The van der Waals surface area contributed by atoms with Crippen molar-refractivity contribution in [2.75, 3.05) is 7.11 Å². The molecule has 2 rings (SSSR count). The van der Waals surface area contributed by atoms with E-state index in [1.165, 1.54) is 41.7 Å². The highest BCUT2D eigenvalue weighted by Crippen LogP contribution is 2.59. The number of nitrogens with one attached hydrogen (secondary N) is 1. The van der Waals surface area contributed by atoms with Crippen LogP contribution >= 0.6 is 7.14 Å².